The predicted molar refractivity (Wildman–Crippen MR) is 81.5 cm³/mol. The molecule has 0 unspecified atom stereocenters. The molecule has 1 N–H and O–H groups in total. The highest BCUT2D eigenvalue weighted by Crippen LogP contribution is 2.60. The summed E-state index contributed by atoms with van der Waals surface area (Å²) in [7, 11) is 0. The number of nitrogens with one attached hydrogen (secondary N) is 1. The van der Waals surface area contributed by atoms with Gasteiger partial charge in [-0.2, -0.15) is 0 Å². The van der Waals surface area contributed by atoms with E-state index >= 15 is 0 Å². The van der Waals surface area contributed by atoms with Gasteiger partial charge in [-0.1, -0.05) is 19.3 Å². The summed E-state index contributed by atoms with van der Waals surface area (Å²) >= 11 is 0. The third-order valence-electron chi connectivity index (χ3n) is 5.34. The molecule has 22 heavy (non-hydrogen) atoms. The van der Waals surface area contributed by atoms with Crippen molar-refractivity contribution in [1.82, 2.24) is 24.9 Å². The van der Waals surface area contributed by atoms with Crippen LogP contribution in [0.15, 0.2) is 12.3 Å². The molecule has 2 aliphatic rings. The lowest BCUT2D eigenvalue weighted by Gasteiger charge is -2.22. The molecule has 0 bridgehead atoms. The zero-order valence-corrected chi connectivity index (χ0v) is 12.9. The van der Waals surface area contributed by atoms with Crippen LogP contribution in [0.3, 0.4) is 0 Å². The van der Waals surface area contributed by atoms with Gasteiger partial charge in [-0.3, -0.25) is 9.20 Å². The van der Waals surface area contributed by atoms with Gasteiger partial charge in [0.1, 0.15) is 0 Å². The summed E-state index contributed by atoms with van der Waals surface area (Å²) < 4.78 is 1.64. The van der Waals surface area contributed by atoms with Crippen molar-refractivity contribution in [2.45, 2.75) is 45.4 Å². The Kier molecular flexibility index (Phi) is 3.13. The first-order chi connectivity index (χ1) is 10.7. The summed E-state index contributed by atoms with van der Waals surface area (Å²) in [6, 6.07) is 1.85. The van der Waals surface area contributed by atoms with E-state index < -0.39 is 0 Å². The molecule has 6 heteroatoms. The van der Waals surface area contributed by atoms with Crippen LogP contribution in [-0.4, -0.2) is 32.0 Å². The summed E-state index contributed by atoms with van der Waals surface area (Å²) in [6.07, 6.45) is 9.82. The summed E-state index contributed by atoms with van der Waals surface area (Å²) in [5, 5.41) is 11.0. The molecule has 6 nitrogen and oxygen atoms in total. The predicted octanol–water partition coefficient (Wildman–Crippen LogP) is 2.13. The van der Waals surface area contributed by atoms with Crippen LogP contribution in [0.4, 0.5) is 0 Å². The molecule has 2 heterocycles. The van der Waals surface area contributed by atoms with Crippen molar-refractivity contribution < 1.29 is 4.79 Å². The van der Waals surface area contributed by atoms with E-state index in [1.54, 1.807) is 10.6 Å². The number of nitrogens with zero attached hydrogens (tertiary/aromatic N) is 4. The number of hydrogen-bond donors (Lipinski definition) is 1. The number of hydrogen-bond acceptors (Lipinski definition) is 4. The number of carbonyl (C=O) groups is 1. The second-order valence-electron chi connectivity index (χ2n) is 6.80. The fourth-order valence-electron chi connectivity index (χ4n) is 3.91. The van der Waals surface area contributed by atoms with Crippen molar-refractivity contribution in [3.8, 4) is 0 Å². The highest BCUT2D eigenvalue weighted by Gasteiger charge is 2.53. The Labute approximate surface area is 129 Å². The minimum Gasteiger partial charge on any atom is -0.349 e. The van der Waals surface area contributed by atoms with E-state index in [0.29, 0.717) is 22.9 Å². The number of amides is 1. The molecule has 2 saturated carbocycles. The normalized spacial score (nSPS) is 22.9. The summed E-state index contributed by atoms with van der Waals surface area (Å²) in [5.41, 5.74) is 1.40. The number of aromatic nitrogens is 4. The zero-order chi connectivity index (χ0) is 15.2. The summed E-state index contributed by atoms with van der Waals surface area (Å²) in [5.74, 6) is 1.29. The van der Waals surface area contributed by atoms with Gasteiger partial charge >= 0.3 is 0 Å². The van der Waals surface area contributed by atoms with Crippen LogP contribution in [0.5, 0.6) is 0 Å². The topological polar surface area (TPSA) is 72.2 Å². The lowest BCUT2D eigenvalue weighted by molar-refractivity contribution is 0.0937. The molecule has 0 saturated heterocycles. The third-order valence-corrected chi connectivity index (χ3v) is 5.34. The van der Waals surface area contributed by atoms with Gasteiger partial charge in [0.25, 0.3) is 11.7 Å². The monoisotopic (exact) mass is 299 g/mol. The molecule has 2 aromatic rings. The smallest absolute Gasteiger partial charge is 0.289 e. The van der Waals surface area contributed by atoms with E-state index in [4.69, 9.17) is 0 Å². The molecule has 2 fully saturated rings. The van der Waals surface area contributed by atoms with E-state index in [1.807, 2.05) is 13.0 Å². The zero-order valence-electron chi connectivity index (χ0n) is 12.9. The second kappa shape index (κ2) is 5.04. The van der Waals surface area contributed by atoms with Gasteiger partial charge in [-0.25, -0.2) is 4.98 Å². The van der Waals surface area contributed by atoms with Crippen molar-refractivity contribution in [3.63, 3.8) is 0 Å². The average Bonchev–Trinajstić information content (AvgIpc) is 3.01. The molecule has 1 amide bonds. The molecule has 1 atom stereocenters. The molecule has 4 rings (SSSR count). The van der Waals surface area contributed by atoms with E-state index in [2.05, 4.69) is 20.5 Å². The molecular weight excluding hydrogens is 278 g/mol. The Morgan fingerprint density at radius 2 is 2.18 bits per heavy atom. The molecular formula is C16H21N5O. The Bertz CT molecular complexity index is 716. The Morgan fingerprint density at radius 3 is 3.00 bits per heavy atom. The van der Waals surface area contributed by atoms with Gasteiger partial charge in [0.2, 0.25) is 5.82 Å². The molecule has 0 aromatic carbocycles. The average molecular weight is 299 g/mol. The first-order valence-electron chi connectivity index (χ1n) is 8.15. The van der Waals surface area contributed by atoms with Gasteiger partial charge in [-0.05, 0) is 43.6 Å². The van der Waals surface area contributed by atoms with Crippen LogP contribution in [-0.2, 0) is 0 Å². The lowest BCUT2D eigenvalue weighted by atomic mass is 9.84. The van der Waals surface area contributed by atoms with Crippen LogP contribution in [0, 0.1) is 18.3 Å². The van der Waals surface area contributed by atoms with Crippen molar-refractivity contribution in [2.24, 2.45) is 11.3 Å². The standard InChI is InChI=1S/C16H21N5O/c1-11-5-8-21-13(19-20-15(21)18-11)14(22)17-10-12-9-16(12)6-3-2-4-7-16/h5,8,12H,2-4,6-7,9-10H2,1H3,(H,17,22)/t12-/m0/s1. The largest absolute Gasteiger partial charge is 0.349 e. The van der Waals surface area contributed by atoms with Crippen LogP contribution in [0.2, 0.25) is 0 Å². The van der Waals surface area contributed by atoms with E-state index in [0.717, 1.165) is 12.2 Å². The van der Waals surface area contributed by atoms with Gasteiger partial charge in [-0.15, -0.1) is 10.2 Å². The minimum atomic E-state index is -0.156. The fraction of sp³-hybridized carbons (Fsp3) is 0.625. The van der Waals surface area contributed by atoms with Crippen LogP contribution in [0.25, 0.3) is 5.78 Å². The molecule has 2 aromatic heterocycles. The van der Waals surface area contributed by atoms with Gasteiger partial charge in [0.15, 0.2) is 0 Å². The van der Waals surface area contributed by atoms with E-state index in [9.17, 15) is 4.79 Å². The van der Waals surface area contributed by atoms with Crippen molar-refractivity contribution in [1.29, 1.82) is 0 Å². The lowest BCUT2D eigenvalue weighted by Crippen LogP contribution is -2.29. The van der Waals surface area contributed by atoms with Gasteiger partial charge < -0.3 is 5.32 Å². The number of aryl methyl sites for hydroxylation is 1. The van der Waals surface area contributed by atoms with Crippen molar-refractivity contribution in [3.05, 3.63) is 23.8 Å². The third kappa shape index (κ3) is 2.26. The second-order valence-corrected chi connectivity index (χ2v) is 6.80. The molecule has 0 radical (unpaired) electrons. The van der Waals surface area contributed by atoms with Crippen LogP contribution in [0.1, 0.15) is 54.8 Å². The first-order valence-corrected chi connectivity index (χ1v) is 8.15. The van der Waals surface area contributed by atoms with Crippen LogP contribution < -0.4 is 5.32 Å². The van der Waals surface area contributed by atoms with Crippen molar-refractivity contribution >= 4 is 11.7 Å². The maximum atomic E-state index is 12.3. The molecule has 2 aliphatic carbocycles. The van der Waals surface area contributed by atoms with Crippen LogP contribution >= 0.6 is 0 Å². The molecule has 116 valence electrons. The SMILES string of the molecule is Cc1ccn2c(C(=O)NC[C@@H]3CC34CCCCC4)nnc2n1. The fourth-order valence-corrected chi connectivity index (χ4v) is 3.91. The minimum absolute atomic E-state index is 0.156. The Balaban J connectivity index is 1.42. The number of rotatable bonds is 3. The summed E-state index contributed by atoms with van der Waals surface area (Å²) in [4.78, 5) is 16.6. The van der Waals surface area contributed by atoms with Gasteiger partial charge in [0, 0.05) is 18.4 Å². The summed E-state index contributed by atoms with van der Waals surface area (Å²) in [6.45, 7) is 2.65. The maximum absolute atomic E-state index is 12.3. The highest BCUT2D eigenvalue weighted by molar-refractivity contribution is 5.91. The molecule has 1 spiro atoms. The van der Waals surface area contributed by atoms with E-state index in [-0.39, 0.29) is 5.91 Å². The first kappa shape index (κ1) is 13.7. The highest BCUT2D eigenvalue weighted by atomic mass is 16.2. The number of fused-ring (bicyclic) bond motifs is 1. The Hall–Kier alpha value is -1.98. The quantitative estimate of drug-likeness (QED) is 0.942. The van der Waals surface area contributed by atoms with E-state index in [1.165, 1.54) is 38.5 Å². The molecule has 0 aliphatic heterocycles. The van der Waals surface area contributed by atoms with Crippen molar-refractivity contribution in [2.75, 3.05) is 6.54 Å². The Morgan fingerprint density at radius 1 is 1.36 bits per heavy atom. The maximum Gasteiger partial charge on any atom is 0.289 e. The van der Waals surface area contributed by atoms with Gasteiger partial charge in [0.05, 0.1) is 0 Å². The number of carbonyl (C=O) groups excluding carboxylic acids is 1.